The highest BCUT2D eigenvalue weighted by molar-refractivity contribution is 5.89. The van der Waals surface area contributed by atoms with E-state index in [4.69, 9.17) is 4.74 Å². The van der Waals surface area contributed by atoms with Gasteiger partial charge in [-0.25, -0.2) is 0 Å². The molecule has 0 aromatic rings. The number of allylic oxidation sites excluding steroid dienone is 2. The summed E-state index contributed by atoms with van der Waals surface area (Å²) >= 11 is 0. The molecule has 108 valence electrons. The molecule has 0 atom stereocenters. The number of unbranched alkanes of at least 4 members (excludes halogenated alkanes) is 6. The minimum atomic E-state index is -0.475. The third kappa shape index (κ3) is 5.32. The van der Waals surface area contributed by atoms with E-state index in [1.165, 1.54) is 38.5 Å². The number of hydrogen-bond acceptors (Lipinski definition) is 2. The van der Waals surface area contributed by atoms with Crippen molar-refractivity contribution in [1.82, 2.24) is 0 Å². The molecule has 1 aliphatic carbocycles. The molecule has 0 radical (unpaired) electrons. The molecule has 1 rings (SSSR count). The van der Waals surface area contributed by atoms with Gasteiger partial charge in [-0.05, 0) is 6.42 Å². The number of carbonyl (C=O) groups excluding carboxylic acids is 1. The zero-order valence-corrected chi connectivity index (χ0v) is 12.5. The van der Waals surface area contributed by atoms with E-state index >= 15 is 0 Å². The van der Waals surface area contributed by atoms with Gasteiger partial charge in [-0.15, -0.1) is 0 Å². The normalized spacial score (nSPS) is 16.1. The van der Waals surface area contributed by atoms with Gasteiger partial charge in [0.1, 0.15) is 5.78 Å². The molecule has 2 heteroatoms. The van der Waals surface area contributed by atoms with Crippen LogP contribution in [-0.4, -0.2) is 19.5 Å². The predicted octanol–water partition coefficient (Wildman–Crippen LogP) is 4.46. The fourth-order valence-corrected chi connectivity index (χ4v) is 2.59. The Bertz CT molecular complexity index is 303. The lowest BCUT2D eigenvalue weighted by Gasteiger charge is -2.22. The summed E-state index contributed by atoms with van der Waals surface area (Å²) in [6.45, 7) is 2.70. The first kappa shape index (κ1) is 16.2. The SMILES string of the molecule is CCCCCCCCCC(=O)C1(COC)C=CC=C1. The minimum Gasteiger partial charge on any atom is -0.383 e. The van der Waals surface area contributed by atoms with Crippen molar-refractivity contribution in [2.45, 2.75) is 58.3 Å². The van der Waals surface area contributed by atoms with Gasteiger partial charge in [0.05, 0.1) is 12.0 Å². The molecule has 0 saturated carbocycles. The van der Waals surface area contributed by atoms with Crippen molar-refractivity contribution in [1.29, 1.82) is 0 Å². The molecule has 19 heavy (non-hydrogen) atoms. The van der Waals surface area contributed by atoms with Crippen LogP contribution in [0.4, 0.5) is 0 Å². The largest absolute Gasteiger partial charge is 0.383 e. The van der Waals surface area contributed by atoms with E-state index in [0.29, 0.717) is 18.8 Å². The van der Waals surface area contributed by atoms with Crippen LogP contribution in [0.1, 0.15) is 58.3 Å². The van der Waals surface area contributed by atoms with Gasteiger partial charge in [0.2, 0.25) is 0 Å². The number of carbonyl (C=O) groups is 1. The Hall–Kier alpha value is -0.890. The van der Waals surface area contributed by atoms with Crippen LogP contribution in [0, 0.1) is 5.41 Å². The highest BCUT2D eigenvalue weighted by Crippen LogP contribution is 2.29. The number of ketones is 1. The van der Waals surface area contributed by atoms with Crippen molar-refractivity contribution in [3.8, 4) is 0 Å². The lowest BCUT2D eigenvalue weighted by atomic mass is 9.83. The van der Waals surface area contributed by atoms with Crippen molar-refractivity contribution in [3.63, 3.8) is 0 Å². The molecule has 0 unspecified atom stereocenters. The number of rotatable bonds is 11. The second-order valence-electron chi connectivity index (χ2n) is 5.49. The van der Waals surface area contributed by atoms with E-state index in [9.17, 15) is 4.79 Å². The number of methoxy groups -OCH3 is 1. The van der Waals surface area contributed by atoms with E-state index in [1.807, 2.05) is 24.3 Å². The maximum atomic E-state index is 12.3. The quantitative estimate of drug-likeness (QED) is 0.515. The predicted molar refractivity (Wildman–Crippen MR) is 80.2 cm³/mol. The Morgan fingerprint density at radius 2 is 1.58 bits per heavy atom. The highest BCUT2D eigenvalue weighted by Gasteiger charge is 2.33. The van der Waals surface area contributed by atoms with Gasteiger partial charge < -0.3 is 4.74 Å². The second-order valence-corrected chi connectivity index (χ2v) is 5.49. The van der Waals surface area contributed by atoms with Crippen molar-refractivity contribution in [2.24, 2.45) is 5.41 Å². The Morgan fingerprint density at radius 1 is 1.00 bits per heavy atom. The third-order valence-electron chi connectivity index (χ3n) is 3.81. The van der Waals surface area contributed by atoms with Gasteiger partial charge in [0, 0.05) is 13.5 Å². The van der Waals surface area contributed by atoms with Crippen LogP contribution in [0.3, 0.4) is 0 Å². The summed E-state index contributed by atoms with van der Waals surface area (Å²) in [7, 11) is 1.66. The molecule has 1 aliphatic rings. The first-order valence-electron chi connectivity index (χ1n) is 7.64. The summed E-state index contributed by atoms with van der Waals surface area (Å²) in [4.78, 5) is 12.3. The van der Waals surface area contributed by atoms with Crippen molar-refractivity contribution >= 4 is 5.78 Å². The molecular formula is C17H28O2. The monoisotopic (exact) mass is 264 g/mol. The molecule has 0 heterocycles. The van der Waals surface area contributed by atoms with Crippen LogP contribution < -0.4 is 0 Å². The van der Waals surface area contributed by atoms with Gasteiger partial charge in [0.25, 0.3) is 0 Å². The molecule has 2 nitrogen and oxygen atoms in total. The third-order valence-corrected chi connectivity index (χ3v) is 3.81. The standard InChI is InChI=1S/C17H28O2/c1-3-4-5-6-7-8-9-12-16(18)17(15-19-2)13-10-11-14-17/h10-11,13-14H,3-9,12,15H2,1-2H3. The molecule has 0 aromatic heterocycles. The fourth-order valence-electron chi connectivity index (χ4n) is 2.59. The molecule has 0 bridgehead atoms. The maximum Gasteiger partial charge on any atom is 0.148 e. The molecular weight excluding hydrogens is 236 g/mol. The first-order chi connectivity index (χ1) is 9.25. The van der Waals surface area contributed by atoms with Crippen molar-refractivity contribution in [2.75, 3.05) is 13.7 Å². The Labute approximate surface area is 117 Å². The first-order valence-corrected chi connectivity index (χ1v) is 7.64. The average Bonchev–Trinajstić information content (AvgIpc) is 2.88. The van der Waals surface area contributed by atoms with E-state index in [2.05, 4.69) is 6.92 Å². The number of Topliss-reactive ketones (excluding diaryl/α,β-unsaturated/α-hetero) is 1. The van der Waals surface area contributed by atoms with E-state index in [-0.39, 0.29) is 0 Å². The molecule has 0 N–H and O–H groups in total. The van der Waals surface area contributed by atoms with Gasteiger partial charge >= 0.3 is 0 Å². The fraction of sp³-hybridized carbons (Fsp3) is 0.706. The van der Waals surface area contributed by atoms with E-state index in [0.717, 1.165) is 6.42 Å². The molecule has 0 saturated heterocycles. The van der Waals surface area contributed by atoms with Gasteiger partial charge in [-0.2, -0.15) is 0 Å². The lowest BCUT2D eigenvalue weighted by Crippen LogP contribution is -2.30. The summed E-state index contributed by atoms with van der Waals surface area (Å²) in [5.74, 6) is 0.299. The van der Waals surface area contributed by atoms with E-state index < -0.39 is 5.41 Å². The zero-order valence-electron chi connectivity index (χ0n) is 12.5. The van der Waals surface area contributed by atoms with Gasteiger partial charge in [-0.3, -0.25) is 4.79 Å². The maximum absolute atomic E-state index is 12.3. The zero-order chi connectivity index (χ0) is 14.0. The second kappa shape index (κ2) is 9.08. The lowest BCUT2D eigenvalue weighted by molar-refractivity contribution is -0.126. The van der Waals surface area contributed by atoms with Crippen molar-refractivity contribution in [3.05, 3.63) is 24.3 Å². The molecule has 0 spiro atoms. The summed E-state index contributed by atoms with van der Waals surface area (Å²) in [5, 5.41) is 0. The smallest absolute Gasteiger partial charge is 0.148 e. The molecule has 0 aromatic carbocycles. The Balaban J connectivity index is 2.19. The molecule has 0 amide bonds. The minimum absolute atomic E-state index is 0.299. The van der Waals surface area contributed by atoms with Crippen LogP contribution in [-0.2, 0) is 9.53 Å². The van der Waals surface area contributed by atoms with Gasteiger partial charge in [-0.1, -0.05) is 69.8 Å². The highest BCUT2D eigenvalue weighted by atomic mass is 16.5. The van der Waals surface area contributed by atoms with E-state index in [1.54, 1.807) is 7.11 Å². The van der Waals surface area contributed by atoms with Crippen LogP contribution in [0.25, 0.3) is 0 Å². The summed E-state index contributed by atoms with van der Waals surface area (Å²) in [6, 6.07) is 0. The summed E-state index contributed by atoms with van der Waals surface area (Å²) < 4.78 is 5.20. The Kier molecular flexibility index (Phi) is 7.73. The number of ether oxygens (including phenoxy) is 1. The summed E-state index contributed by atoms with van der Waals surface area (Å²) in [6.07, 6.45) is 17.2. The van der Waals surface area contributed by atoms with Gasteiger partial charge in [0.15, 0.2) is 0 Å². The molecule has 0 fully saturated rings. The Morgan fingerprint density at radius 3 is 2.16 bits per heavy atom. The van der Waals surface area contributed by atoms with Crippen LogP contribution in [0.2, 0.25) is 0 Å². The van der Waals surface area contributed by atoms with Crippen LogP contribution in [0.15, 0.2) is 24.3 Å². The van der Waals surface area contributed by atoms with Crippen LogP contribution >= 0.6 is 0 Å². The summed E-state index contributed by atoms with van der Waals surface area (Å²) in [5.41, 5.74) is -0.475. The number of hydrogen-bond donors (Lipinski definition) is 0. The molecule has 0 aliphatic heterocycles. The van der Waals surface area contributed by atoms with Crippen LogP contribution in [0.5, 0.6) is 0 Å². The topological polar surface area (TPSA) is 26.3 Å². The van der Waals surface area contributed by atoms with Crippen molar-refractivity contribution < 1.29 is 9.53 Å². The average molecular weight is 264 g/mol.